The third-order valence-corrected chi connectivity index (χ3v) is 5.64. The van der Waals surface area contributed by atoms with Crippen molar-refractivity contribution in [3.63, 3.8) is 0 Å². The number of amides is 1. The van der Waals surface area contributed by atoms with Crippen LogP contribution in [0.5, 0.6) is 11.5 Å². The van der Waals surface area contributed by atoms with Crippen molar-refractivity contribution < 1.29 is 19.1 Å². The van der Waals surface area contributed by atoms with E-state index in [1.807, 2.05) is 48.5 Å². The number of likely N-dealkylation sites (tertiary alicyclic amines) is 1. The van der Waals surface area contributed by atoms with Crippen molar-refractivity contribution in [2.75, 3.05) is 20.2 Å². The molecular formula is C25H22N2O4. The van der Waals surface area contributed by atoms with Crippen molar-refractivity contribution >= 4 is 22.6 Å². The number of ether oxygens (including phenoxy) is 2. The van der Waals surface area contributed by atoms with E-state index in [0.29, 0.717) is 48.6 Å². The van der Waals surface area contributed by atoms with Crippen LogP contribution >= 0.6 is 0 Å². The Morgan fingerprint density at radius 1 is 1.00 bits per heavy atom. The molecule has 0 bridgehead atoms. The molecule has 6 heteroatoms. The second kappa shape index (κ2) is 8.88. The van der Waals surface area contributed by atoms with Gasteiger partial charge in [0.2, 0.25) is 0 Å². The van der Waals surface area contributed by atoms with Gasteiger partial charge in [-0.25, -0.2) is 0 Å². The predicted octanol–water partition coefficient (Wildman–Crippen LogP) is 4.18. The van der Waals surface area contributed by atoms with Crippen molar-refractivity contribution in [1.82, 2.24) is 4.90 Å². The quantitative estimate of drug-likeness (QED) is 0.473. The third kappa shape index (κ3) is 4.22. The number of carbonyl (C=O) groups excluding carboxylic acids is 2. The first-order valence-corrected chi connectivity index (χ1v) is 10.2. The third-order valence-electron chi connectivity index (χ3n) is 5.64. The summed E-state index contributed by atoms with van der Waals surface area (Å²) >= 11 is 0. The van der Waals surface area contributed by atoms with Gasteiger partial charge < -0.3 is 14.4 Å². The van der Waals surface area contributed by atoms with E-state index >= 15 is 0 Å². The molecule has 0 radical (unpaired) electrons. The highest BCUT2D eigenvalue weighted by Crippen LogP contribution is 2.30. The lowest BCUT2D eigenvalue weighted by Gasteiger charge is -2.31. The highest BCUT2D eigenvalue weighted by molar-refractivity contribution is 6.07. The molecule has 6 nitrogen and oxygen atoms in total. The molecule has 1 fully saturated rings. The first kappa shape index (κ1) is 20.4. The molecule has 3 aromatic carbocycles. The van der Waals surface area contributed by atoms with Crippen LogP contribution in [0.1, 0.15) is 28.8 Å². The summed E-state index contributed by atoms with van der Waals surface area (Å²) in [5.74, 6) is -0.0219. The van der Waals surface area contributed by atoms with Gasteiger partial charge in [-0.15, -0.1) is 0 Å². The zero-order chi connectivity index (χ0) is 21.8. The molecule has 0 spiro atoms. The van der Waals surface area contributed by atoms with E-state index in [2.05, 4.69) is 0 Å². The highest BCUT2D eigenvalue weighted by atomic mass is 16.6. The fraction of sp³-hybridized carbons (Fsp3) is 0.240. The predicted molar refractivity (Wildman–Crippen MR) is 116 cm³/mol. The number of hydrogen-bond acceptors (Lipinski definition) is 5. The molecule has 4 rings (SSSR count). The summed E-state index contributed by atoms with van der Waals surface area (Å²) in [6, 6.07) is 20.3. The van der Waals surface area contributed by atoms with Crippen LogP contribution < -0.4 is 9.47 Å². The summed E-state index contributed by atoms with van der Waals surface area (Å²) < 4.78 is 10.8. The van der Waals surface area contributed by atoms with Gasteiger partial charge in [-0.05, 0) is 41.8 Å². The molecule has 1 heterocycles. The molecule has 0 aromatic heterocycles. The molecule has 0 atom stereocenters. The van der Waals surface area contributed by atoms with Crippen LogP contribution in [0.15, 0.2) is 60.7 Å². The average Bonchev–Trinajstić information content (AvgIpc) is 2.83. The Hall–Kier alpha value is -3.85. The minimum absolute atomic E-state index is 0.0163. The number of nitriles is 1. The minimum Gasteiger partial charge on any atom is -0.493 e. The Balaban J connectivity index is 1.41. The molecule has 0 aliphatic carbocycles. The maximum Gasteiger partial charge on any atom is 0.314 e. The summed E-state index contributed by atoms with van der Waals surface area (Å²) in [5.41, 5.74) is 1.11. The van der Waals surface area contributed by atoms with Crippen LogP contribution in [0, 0.1) is 17.2 Å². The number of methoxy groups -OCH3 is 1. The van der Waals surface area contributed by atoms with Gasteiger partial charge >= 0.3 is 5.97 Å². The zero-order valence-corrected chi connectivity index (χ0v) is 17.2. The number of carbonyl (C=O) groups is 2. The van der Waals surface area contributed by atoms with Crippen molar-refractivity contribution in [2.24, 2.45) is 5.92 Å². The van der Waals surface area contributed by atoms with Crippen LogP contribution in [-0.4, -0.2) is 37.0 Å². The highest BCUT2D eigenvalue weighted by Gasteiger charge is 2.30. The smallest absolute Gasteiger partial charge is 0.314 e. The molecule has 0 N–H and O–H groups in total. The van der Waals surface area contributed by atoms with Crippen molar-refractivity contribution in [2.45, 2.75) is 12.8 Å². The van der Waals surface area contributed by atoms with E-state index in [9.17, 15) is 9.59 Å². The summed E-state index contributed by atoms with van der Waals surface area (Å²) in [5, 5.41) is 11.0. The SMILES string of the molecule is COc1cc(C#N)ccc1OC(=O)C1CCN(C(=O)c2cccc3ccccc23)CC1. The maximum atomic E-state index is 13.1. The lowest BCUT2D eigenvalue weighted by atomic mass is 9.95. The van der Waals surface area contributed by atoms with Gasteiger partial charge in [0.15, 0.2) is 11.5 Å². The lowest BCUT2D eigenvalue weighted by molar-refractivity contribution is -0.140. The van der Waals surface area contributed by atoms with Crippen LogP contribution in [0.25, 0.3) is 10.8 Å². The zero-order valence-electron chi connectivity index (χ0n) is 17.2. The molecule has 3 aromatic rings. The van der Waals surface area contributed by atoms with Crippen molar-refractivity contribution in [3.05, 3.63) is 71.8 Å². The number of benzene rings is 3. The summed E-state index contributed by atoms with van der Waals surface area (Å²) in [6.07, 6.45) is 1.07. The topological polar surface area (TPSA) is 79.6 Å². The van der Waals surface area contributed by atoms with E-state index in [1.165, 1.54) is 13.2 Å². The Morgan fingerprint density at radius 3 is 2.48 bits per heavy atom. The molecule has 1 amide bonds. The molecule has 0 saturated carbocycles. The lowest BCUT2D eigenvalue weighted by Crippen LogP contribution is -2.41. The number of fused-ring (bicyclic) bond motifs is 1. The number of hydrogen-bond donors (Lipinski definition) is 0. The Bertz CT molecular complexity index is 1170. The second-order valence-electron chi connectivity index (χ2n) is 7.49. The first-order valence-electron chi connectivity index (χ1n) is 10.2. The molecule has 156 valence electrons. The molecular weight excluding hydrogens is 392 g/mol. The molecule has 1 aliphatic rings. The van der Waals surface area contributed by atoms with Gasteiger partial charge in [0.05, 0.1) is 24.7 Å². The fourth-order valence-corrected chi connectivity index (χ4v) is 3.91. The molecule has 1 saturated heterocycles. The standard InChI is InChI=1S/C25H22N2O4/c1-30-23-15-17(16-26)9-10-22(23)31-25(29)19-11-13-27(14-12-19)24(28)21-8-4-6-18-5-2-3-7-20(18)21/h2-10,15,19H,11-14H2,1H3. The van der Waals surface area contributed by atoms with Gasteiger partial charge in [-0.2, -0.15) is 5.26 Å². The Labute approximate surface area is 180 Å². The van der Waals surface area contributed by atoms with Crippen LogP contribution in [0.2, 0.25) is 0 Å². The molecule has 1 aliphatic heterocycles. The van der Waals surface area contributed by atoms with Crippen LogP contribution in [0.3, 0.4) is 0 Å². The molecule has 31 heavy (non-hydrogen) atoms. The molecule has 0 unspecified atom stereocenters. The number of nitrogens with zero attached hydrogens (tertiary/aromatic N) is 2. The minimum atomic E-state index is -0.347. The second-order valence-corrected chi connectivity index (χ2v) is 7.49. The van der Waals surface area contributed by atoms with Crippen molar-refractivity contribution in [3.8, 4) is 17.6 Å². The van der Waals surface area contributed by atoms with Gasteiger partial charge in [-0.1, -0.05) is 36.4 Å². The van der Waals surface area contributed by atoms with E-state index in [0.717, 1.165) is 10.8 Å². The Morgan fingerprint density at radius 2 is 1.74 bits per heavy atom. The summed E-state index contributed by atoms with van der Waals surface area (Å²) in [4.78, 5) is 27.6. The van der Waals surface area contributed by atoms with Crippen molar-refractivity contribution in [1.29, 1.82) is 5.26 Å². The van der Waals surface area contributed by atoms with E-state index < -0.39 is 0 Å². The van der Waals surface area contributed by atoms with Gasteiger partial charge in [0.25, 0.3) is 5.91 Å². The van der Waals surface area contributed by atoms with Gasteiger partial charge in [-0.3, -0.25) is 9.59 Å². The first-order chi connectivity index (χ1) is 15.1. The monoisotopic (exact) mass is 414 g/mol. The number of piperidine rings is 1. The van der Waals surface area contributed by atoms with Crippen LogP contribution in [-0.2, 0) is 4.79 Å². The largest absolute Gasteiger partial charge is 0.493 e. The average molecular weight is 414 g/mol. The summed E-state index contributed by atoms with van der Waals surface area (Å²) in [7, 11) is 1.46. The van der Waals surface area contributed by atoms with E-state index in [1.54, 1.807) is 17.0 Å². The summed E-state index contributed by atoms with van der Waals surface area (Å²) in [6.45, 7) is 0.985. The van der Waals surface area contributed by atoms with E-state index in [4.69, 9.17) is 14.7 Å². The Kier molecular flexibility index (Phi) is 5.85. The fourth-order valence-electron chi connectivity index (χ4n) is 3.91. The number of esters is 1. The normalized spacial score (nSPS) is 14.1. The maximum absolute atomic E-state index is 13.1. The van der Waals surface area contributed by atoms with Crippen LogP contribution in [0.4, 0.5) is 0 Å². The van der Waals surface area contributed by atoms with Gasteiger partial charge in [0.1, 0.15) is 0 Å². The number of rotatable bonds is 4. The van der Waals surface area contributed by atoms with Gasteiger partial charge in [0, 0.05) is 24.7 Å². The van der Waals surface area contributed by atoms with E-state index in [-0.39, 0.29) is 17.8 Å².